The third-order valence-corrected chi connectivity index (χ3v) is 3.15. The van der Waals surface area contributed by atoms with Crippen molar-refractivity contribution in [2.75, 3.05) is 18.5 Å². The molecule has 3 nitrogen and oxygen atoms in total. The second kappa shape index (κ2) is 5.78. The minimum absolute atomic E-state index is 0.470. The van der Waals surface area contributed by atoms with Gasteiger partial charge in [-0.1, -0.05) is 30.1 Å². The van der Waals surface area contributed by atoms with Crippen LogP contribution in [0.5, 0.6) is 5.88 Å². The summed E-state index contributed by atoms with van der Waals surface area (Å²) in [4.78, 5) is 4.31. The highest BCUT2D eigenvalue weighted by Crippen LogP contribution is 2.33. The molecule has 0 radical (unpaired) electrons. The number of hydrogen-bond acceptors (Lipinski definition) is 3. The van der Waals surface area contributed by atoms with Gasteiger partial charge in [0.1, 0.15) is 10.8 Å². The highest BCUT2D eigenvalue weighted by Gasteiger charge is 2.23. The molecule has 1 heterocycles. The van der Waals surface area contributed by atoms with Crippen molar-refractivity contribution < 1.29 is 4.74 Å². The maximum Gasteiger partial charge on any atom is 0.234 e. The van der Waals surface area contributed by atoms with Crippen LogP contribution in [-0.4, -0.2) is 18.1 Å². The van der Waals surface area contributed by atoms with Crippen LogP contribution in [0.3, 0.4) is 0 Å². The van der Waals surface area contributed by atoms with Crippen LogP contribution in [0, 0.1) is 5.92 Å². The van der Waals surface area contributed by atoms with Crippen molar-refractivity contribution in [3.05, 3.63) is 16.1 Å². The minimum atomic E-state index is 0.470. The normalized spacial score (nSPS) is 14.8. The molecule has 0 aromatic carbocycles. The predicted octanol–water partition coefficient (Wildman–Crippen LogP) is 4.00. The van der Waals surface area contributed by atoms with Gasteiger partial charge in [-0.3, -0.25) is 0 Å². The highest BCUT2D eigenvalue weighted by atomic mass is 35.5. The van der Waals surface area contributed by atoms with E-state index in [9.17, 15) is 0 Å². The molecule has 0 atom stereocenters. The predicted molar refractivity (Wildman–Crippen MR) is 71.3 cm³/mol. The van der Waals surface area contributed by atoms with E-state index in [1.165, 1.54) is 12.8 Å². The van der Waals surface area contributed by atoms with Crippen molar-refractivity contribution in [2.45, 2.75) is 26.2 Å². The summed E-state index contributed by atoms with van der Waals surface area (Å²) in [5.41, 5.74) is 0. The zero-order valence-electron chi connectivity index (χ0n) is 9.80. The van der Waals surface area contributed by atoms with Gasteiger partial charge in [0, 0.05) is 6.54 Å². The lowest BCUT2D eigenvalue weighted by molar-refractivity contribution is 0.289. The Kier molecular flexibility index (Phi) is 4.35. The van der Waals surface area contributed by atoms with E-state index in [0.29, 0.717) is 34.3 Å². The minimum Gasteiger partial charge on any atom is -0.476 e. The van der Waals surface area contributed by atoms with E-state index in [2.05, 4.69) is 17.2 Å². The number of aromatic nitrogens is 1. The van der Waals surface area contributed by atoms with Crippen molar-refractivity contribution in [2.24, 2.45) is 5.92 Å². The highest BCUT2D eigenvalue weighted by molar-refractivity contribution is 6.36. The number of nitrogens with one attached hydrogen (secondary N) is 1. The summed E-state index contributed by atoms with van der Waals surface area (Å²) >= 11 is 12.1. The lowest BCUT2D eigenvalue weighted by atomic mass is 10.4. The topological polar surface area (TPSA) is 34.2 Å². The van der Waals surface area contributed by atoms with Crippen molar-refractivity contribution in [3.8, 4) is 5.88 Å². The molecule has 1 aromatic heterocycles. The third-order valence-electron chi connectivity index (χ3n) is 2.59. The van der Waals surface area contributed by atoms with Crippen molar-refractivity contribution in [1.29, 1.82) is 0 Å². The molecule has 1 N–H and O–H groups in total. The molecular formula is C12H16Cl2N2O. The zero-order chi connectivity index (χ0) is 12.3. The molecule has 0 spiro atoms. The van der Waals surface area contributed by atoms with Crippen LogP contribution in [0.4, 0.5) is 5.82 Å². The molecule has 1 saturated carbocycles. The van der Waals surface area contributed by atoms with Crippen molar-refractivity contribution in [1.82, 2.24) is 4.98 Å². The first-order chi connectivity index (χ1) is 8.20. The van der Waals surface area contributed by atoms with Crippen LogP contribution < -0.4 is 10.1 Å². The van der Waals surface area contributed by atoms with Gasteiger partial charge in [0.05, 0.1) is 11.6 Å². The molecule has 5 heteroatoms. The number of anilines is 1. The molecular weight excluding hydrogens is 259 g/mol. The summed E-state index contributed by atoms with van der Waals surface area (Å²) in [6, 6.07) is 1.68. The van der Waals surface area contributed by atoms with Crippen LogP contribution in [0.2, 0.25) is 10.0 Å². The molecule has 0 aliphatic heterocycles. The van der Waals surface area contributed by atoms with Gasteiger partial charge >= 0.3 is 0 Å². The summed E-state index contributed by atoms with van der Waals surface area (Å²) in [5.74, 6) is 1.79. The van der Waals surface area contributed by atoms with Gasteiger partial charge < -0.3 is 10.1 Å². The van der Waals surface area contributed by atoms with Gasteiger partial charge in [-0.25, -0.2) is 0 Å². The quantitative estimate of drug-likeness (QED) is 0.852. The number of halogens is 2. The number of rotatable bonds is 6. The van der Waals surface area contributed by atoms with E-state index >= 15 is 0 Å². The summed E-state index contributed by atoms with van der Waals surface area (Å²) in [7, 11) is 0. The lowest BCUT2D eigenvalue weighted by Crippen LogP contribution is -2.06. The fourth-order valence-electron chi connectivity index (χ4n) is 1.40. The Bertz CT molecular complexity index is 394. The SMILES string of the molecule is CCCNc1nc(OCC2CC2)c(Cl)cc1Cl. The first-order valence-electron chi connectivity index (χ1n) is 5.93. The van der Waals surface area contributed by atoms with E-state index < -0.39 is 0 Å². The molecule has 1 aliphatic rings. The molecule has 0 unspecified atom stereocenters. The average Bonchev–Trinajstić information content (AvgIpc) is 3.10. The maximum absolute atomic E-state index is 6.05. The van der Waals surface area contributed by atoms with Crippen LogP contribution in [0.25, 0.3) is 0 Å². The molecule has 2 rings (SSSR count). The lowest BCUT2D eigenvalue weighted by Gasteiger charge is -2.11. The van der Waals surface area contributed by atoms with Crippen molar-refractivity contribution >= 4 is 29.0 Å². The maximum atomic E-state index is 6.05. The molecule has 1 aromatic rings. The van der Waals surface area contributed by atoms with Crippen LogP contribution in [0.1, 0.15) is 26.2 Å². The second-order valence-electron chi connectivity index (χ2n) is 4.29. The van der Waals surface area contributed by atoms with Crippen molar-refractivity contribution in [3.63, 3.8) is 0 Å². The fourth-order valence-corrected chi connectivity index (χ4v) is 1.88. The summed E-state index contributed by atoms with van der Waals surface area (Å²) in [6.45, 7) is 3.61. The van der Waals surface area contributed by atoms with Gasteiger partial charge in [-0.05, 0) is 31.2 Å². The Labute approximate surface area is 111 Å². The van der Waals surface area contributed by atoms with Gasteiger partial charge in [0.2, 0.25) is 5.88 Å². The molecule has 0 bridgehead atoms. The standard InChI is InChI=1S/C12H16Cl2N2O/c1-2-5-15-11-9(13)6-10(14)12(16-11)17-7-8-3-4-8/h6,8H,2-5,7H2,1H3,(H,15,16). The fraction of sp³-hybridized carbons (Fsp3) is 0.583. The Morgan fingerprint density at radius 2 is 2.18 bits per heavy atom. The Morgan fingerprint density at radius 3 is 2.82 bits per heavy atom. The van der Waals surface area contributed by atoms with Gasteiger partial charge in [-0.15, -0.1) is 0 Å². The molecule has 0 saturated heterocycles. The van der Waals surface area contributed by atoms with E-state index in [1.807, 2.05) is 0 Å². The van der Waals surface area contributed by atoms with Gasteiger partial charge in [0.15, 0.2) is 0 Å². The van der Waals surface area contributed by atoms with E-state index in [4.69, 9.17) is 27.9 Å². The smallest absolute Gasteiger partial charge is 0.234 e. The van der Waals surface area contributed by atoms with E-state index in [0.717, 1.165) is 13.0 Å². The molecule has 1 fully saturated rings. The third kappa shape index (κ3) is 3.65. The largest absolute Gasteiger partial charge is 0.476 e. The van der Waals surface area contributed by atoms with Gasteiger partial charge in [-0.2, -0.15) is 4.98 Å². The summed E-state index contributed by atoms with van der Waals surface area (Å²) < 4.78 is 5.59. The summed E-state index contributed by atoms with van der Waals surface area (Å²) in [6.07, 6.45) is 3.50. The monoisotopic (exact) mass is 274 g/mol. The first kappa shape index (κ1) is 12.8. The number of hydrogen-bond donors (Lipinski definition) is 1. The van der Waals surface area contributed by atoms with Crippen LogP contribution in [0.15, 0.2) is 6.07 Å². The first-order valence-corrected chi connectivity index (χ1v) is 6.69. The number of nitrogens with zero attached hydrogens (tertiary/aromatic N) is 1. The zero-order valence-corrected chi connectivity index (χ0v) is 11.3. The van der Waals surface area contributed by atoms with Gasteiger partial charge in [0.25, 0.3) is 0 Å². The Hall–Kier alpha value is -0.670. The molecule has 17 heavy (non-hydrogen) atoms. The summed E-state index contributed by atoms with van der Waals surface area (Å²) in [5, 5.41) is 4.15. The molecule has 0 amide bonds. The second-order valence-corrected chi connectivity index (χ2v) is 5.10. The van der Waals surface area contributed by atoms with Crippen LogP contribution in [-0.2, 0) is 0 Å². The average molecular weight is 275 g/mol. The Balaban J connectivity index is 2.06. The Morgan fingerprint density at radius 1 is 1.41 bits per heavy atom. The van der Waals surface area contributed by atoms with Crippen LogP contribution >= 0.6 is 23.2 Å². The van der Waals surface area contributed by atoms with E-state index in [1.54, 1.807) is 6.07 Å². The molecule has 94 valence electrons. The van der Waals surface area contributed by atoms with E-state index in [-0.39, 0.29) is 0 Å². The number of pyridine rings is 1. The molecule has 1 aliphatic carbocycles. The number of ether oxygens (including phenoxy) is 1.